The summed E-state index contributed by atoms with van der Waals surface area (Å²) in [4.78, 5) is 33.8. The average molecular weight is 367 g/mol. The van der Waals surface area contributed by atoms with Crippen molar-refractivity contribution in [1.29, 1.82) is 0 Å². The molecule has 1 saturated heterocycles. The second kappa shape index (κ2) is 7.28. The fraction of sp³-hybridized carbons (Fsp3) is 0.235. The van der Waals surface area contributed by atoms with Crippen molar-refractivity contribution in [3.05, 3.63) is 48.6 Å². The van der Waals surface area contributed by atoms with Gasteiger partial charge in [-0.05, 0) is 12.1 Å². The summed E-state index contributed by atoms with van der Waals surface area (Å²) < 4.78 is 6.99. The fourth-order valence-corrected chi connectivity index (χ4v) is 2.67. The summed E-state index contributed by atoms with van der Waals surface area (Å²) >= 11 is 0. The molecule has 1 fully saturated rings. The first kappa shape index (κ1) is 16.8. The SMILES string of the molecule is O=C(Nc1ccn(CCN2CCNC2=O)n1)c1coc(-c2ccccn2)n1. The van der Waals surface area contributed by atoms with Crippen LogP contribution in [0.15, 0.2) is 47.3 Å². The number of amides is 3. The van der Waals surface area contributed by atoms with Crippen LogP contribution in [0.1, 0.15) is 10.5 Å². The molecule has 0 unspecified atom stereocenters. The Kier molecular flexibility index (Phi) is 4.52. The van der Waals surface area contributed by atoms with Gasteiger partial charge in [0.05, 0.1) is 6.54 Å². The van der Waals surface area contributed by atoms with E-state index in [1.165, 1.54) is 6.26 Å². The molecule has 10 nitrogen and oxygen atoms in total. The van der Waals surface area contributed by atoms with Crippen molar-refractivity contribution >= 4 is 17.8 Å². The third kappa shape index (κ3) is 3.78. The maximum absolute atomic E-state index is 12.3. The van der Waals surface area contributed by atoms with Crippen LogP contribution < -0.4 is 10.6 Å². The Labute approximate surface area is 154 Å². The molecule has 1 aliphatic heterocycles. The van der Waals surface area contributed by atoms with E-state index in [2.05, 4.69) is 25.7 Å². The van der Waals surface area contributed by atoms with Gasteiger partial charge in [-0.3, -0.25) is 14.5 Å². The number of pyridine rings is 1. The summed E-state index contributed by atoms with van der Waals surface area (Å²) in [7, 11) is 0. The van der Waals surface area contributed by atoms with Crippen molar-refractivity contribution in [2.75, 3.05) is 25.0 Å². The van der Waals surface area contributed by atoms with Crippen molar-refractivity contribution in [2.45, 2.75) is 6.54 Å². The number of rotatable bonds is 6. The minimum absolute atomic E-state index is 0.0644. The van der Waals surface area contributed by atoms with Crippen molar-refractivity contribution in [3.8, 4) is 11.6 Å². The van der Waals surface area contributed by atoms with E-state index in [1.54, 1.807) is 40.2 Å². The van der Waals surface area contributed by atoms with Gasteiger partial charge in [-0.25, -0.2) is 9.78 Å². The Balaban J connectivity index is 1.35. The van der Waals surface area contributed by atoms with Crippen LogP contribution in [0, 0.1) is 0 Å². The molecule has 2 N–H and O–H groups in total. The quantitative estimate of drug-likeness (QED) is 0.676. The topological polar surface area (TPSA) is 118 Å². The van der Waals surface area contributed by atoms with Gasteiger partial charge in [0.15, 0.2) is 11.5 Å². The first-order chi connectivity index (χ1) is 13.2. The number of hydrogen-bond donors (Lipinski definition) is 2. The number of aromatic nitrogens is 4. The molecule has 0 aliphatic carbocycles. The van der Waals surface area contributed by atoms with Gasteiger partial charge in [-0.2, -0.15) is 5.10 Å². The van der Waals surface area contributed by atoms with Crippen molar-refractivity contribution in [3.63, 3.8) is 0 Å². The maximum atomic E-state index is 12.3. The Morgan fingerprint density at radius 2 is 2.22 bits per heavy atom. The zero-order chi connectivity index (χ0) is 18.6. The summed E-state index contributed by atoms with van der Waals surface area (Å²) in [6.07, 6.45) is 4.64. The van der Waals surface area contributed by atoms with Crippen LogP contribution in [0.25, 0.3) is 11.6 Å². The Bertz CT molecular complexity index is 950. The zero-order valence-electron chi connectivity index (χ0n) is 14.3. The van der Waals surface area contributed by atoms with Crippen LogP contribution in [-0.2, 0) is 6.54 Å². The molecule has 10 heteroatoms. The number of anilines is 1. The number of carbonyl (C=O) groups is 2. The summed E-state index contributed by atoms with van der Waals surface area (Å²) in [5.41, 5.74) is 0.686. The van der Waals surface area contributed by atoms with Crippen molar-refractivity contribution < 1.29 is 14.0 Å². The van der Waals surface area contributed by atoms with Gasteiger partial charge >= 0.3 is 6.03 Å². The van der Waals surface area contributed by atoms with Crippen LogP contribution in [0.2, 0.25) is 0 Å². The first-order valence-corrected chi connectivity index (χ1v) is 8.43. The van der Waals surface area contributed by atoms with E-state index in [9.17, 15) is 9.59 Å². The molecule has 0 atom stereocenters. The predicted molar refractivity (Wildman–Crippen MR) is 94.9 cm³/mol. The molecule has 4 rings (SSSR count). The first-order valence-electron chi connectivity index (χ1n) is 8.43. The Hall–Kier alpha value is -3.69. The van der Waals surface area contributed by atoms with Crippen LogP contribution in [0.5, 0.6) is 0 Å². The molecule has 3 amide bonds. The summed E-state index contributed by atoms with van der Waals surface area (Å²) in [6.45, 7) is 2.45. The molecular weight excluding hydrogens is 350 g/mol. The maximum Gasteiger partial charge on any atom is 0.317 e. The van der Waals surface area contributed by atoms with Gasteiger partial charge in [0.25, 0.3) is 5.91 Å². The standard InChI is InChI=1S/C17H17N7O3/c25-15(13-11-27-16(20-13)12-3-1-2-5-18-12)21-14-4-7-24(22-14)10-9-23-8-6-19-17(23)26/h1-5,7,11H,6,8-10H2,(H,19,26)(H,21,22,25). The summed E-state index contributed by atoms with van der Waals surface area (Å²) in [6, 6.07) is 6.96. The second-order valence-electron chi connectivity index (χ2n) is 5.89. The lowest BCUT2D eigenvalue weighted by Crippen LogP contribution is -2.31. The Morgan fingerprint density at radius 3 is 3.00 bits per heavy atom. The number of nitrogens with one attached hydrogen (secondary N) is 2. The average Bonchev–Trinajstić information content (AvgIpc) is 3.42. The highest BCUT2D eigenvalue weighted by Gasteiger charge is 2.19. The number of nitrogens with zero attached hydrogens (tertiary/aromatic N) is 5. The molecule has 0 spiro atoms. The van der Waals surface area contributed by atoms with Crippen LogP contribution in [-0.4, -0.2) is 56.2 Å². The third-order valence-corrected chi connectivity index (χ3v) is 4.05. The third-order valence-electron chi connectivity index (χ3n) is 4.05. The predicted octanol–water partition coefficient (Wildman–Crippen LogP) is 1.21. The van der Waals surface area contributed by atoms with E-state index in [0.29, 0.717) is 37.7 Å². The van der Waals surface area contributed by atoms with Gasteiger partial charge in [0.2, 0.25) is 5.89 Å². The lowest BCUT2D eigenvalue weighted by Gasteiger charge is -2.13. The molecular formula is C17H17N7O3. The highest BCUT2D eigenvalue weighted by atomic mass is 16.3. The number of urea groups is 1. The van der Waals surface area contributed by atoms with Gasteiger partial charge < -0.3 is 20.0 Å². The van der Waals surface area contributed by atoms with E-state index < -0.39 is 5.91 Å². The van der Waals surface area contributed by atoms with Gasteiger partial charge in [0, 0.05) is 38.1 Å². The fourth-order valence-electron chi connectivity index (χ4n) is 2.67. The normalized spacial score (nSPS) is 13.6. The van der Waals surface area contributed by atoms with E-state index in [1.807, 2.05) is 6.07 Å². The number of carbonyl (C=O) groups excluding carboxylic acids is 2. The molecule has 3 aromatic rings. The molecule has 27 heavy (non-hydrogen) atoms. The smallest absolute Gasteiger partial charge is 0.317 e. The van der Waals surface area contributed by atoms with E-state index in [-0.39, 0.29) is 17.6 Å². The number of oxazole rings is 1. The van der Waals surface area contributed by atoms with E-state index in [4.69, 9.17) is 4.42 Å². The minimum Gasteiger partial charge on any atom is -0.442 e. The Morgan fingerprint density at radius 1 is 1.30 bits per heavy atom. The molecule has 3 aromatic heterocycles. The molecule has 4 heterocycles. The molecule has 138 valence electrons. The molecule has 0 bridgehead atoms. The summed E-state index contributed by atoms with van der Waals surface area (Å²) in [5, 5.41) is 9.70. The molecule has 0 saturated carbocycles. The van der Waals surface area contributed by atoms with Gasteiger partial charge in [0.1, 0.15) is 12.0 Å². The van der Waals surface area contributed by atoms with Crippen molar-refractivity contribution in [1.82, 2.24) is 30.0 Å². The largest absolute Gasteiger partial charge is 0.442 e. The lowest BCUT2D eigenvalue weighted by molar-refractivity contribution is 0.102. The van der Waals surface area contributed by atoms with E-state index >= 15 is 0 Å². The second-order valence-corrected chi connectivity index (χ2v) is 5.89. The van der Waals surface area contributed by atoms with Crippen LogP contribution in [0.3, 0.4) is 0 Å². The minimum atomic E-state index is -0.426. The molecule has 1 aliphatic rings. The molecule has 0 radical (unpaired) electrons. The monoisotopic (exact) mass is 367 g/mol. The zero-order valence-corrected chi connectivity index (χ0v) is 14.3. The van der Waals surface area contributed by atoms with Crippen LogP contribution >= 0.6 is 0 Å². The summed E-state index contributed by atoms with van der Waals surface area (Å²) in [5.74, 6) is 0.244. The lowest BCUT2D eigenvalue weighted by atomic mass is 10.3. The van der Waals surface area contributed by atoms with E-state index in [0.717, 1.165) is 0 Å². The van der Waals surface area contributed by atoms with Crippen LogP contribution in [0.4, 0.5) is 10.6 Å². The van der Waals surface area contributed by atoms with Gasteiger partial charge in [-0.15, -0.1) is 0 Å². The number of hydrogen-bond acceptors (Lipinski definition) is 6. The molecule has 0 aromatic carbocycles. The highest BCUT2D eigenvalue weighted by molar-refractivity contribution is 6.02. The van der Waals surface area contributed by atoms with Crippen molar-refractivity contribution in [2.24, 2.45) is 0 Å². The highest BCUT2D eigenvalue weighted by Crippen LogP contribution is 2.16. The van der Waals surface area contributed by atoms with Gasteiger partial charge in [-0.1, -0.05) is 6.07 Å².